The molecule has 1 amide bonds. The molecule has 0 unspecified atom stereocenters. The highest BCUT2D eigenvalue weighted by Gasteiger charge is 2.45. The Morgan fingerprint density at radius 3 is 2.42 bits per heavy atom. The molecule has 0 saturated carbocycles. The van der Waals surface area contributed by atoms with E-state index in [-0.39, 0.29) is 25.9 Å². The van der Waals surface area contributed by atoms with Crippen LogP contribution in [-0.2, 0) is 10.2 Å². The SMILES string of the molecule is Cc1cccnc1C1(C(=O)O)CCN(C(=O)O)CC1. The standard InChI is InChI=1S/C13H16N2O4/c1-9-3-2-6-14-10(9)13(11(16)17)4-7-15(8-5-13)12(18)19/h2-3,6H,4-5,7-8H2,1H3,(H,16,17)(H,18,19). The number of amides is 1. The Labute approximate surface area is 110 Å². The van der Waals surface area contributed by atoms with Crippen LogP contribution in [0.5, 0.6) is 0 Å². The van der Waals surface area contributed by atoms with Crippen LogP contribution in [0.4, 0.5) is 4.79 Å². The summed E-state index contributed by atoms with van der Waals surface area (Å²) in [5, 5.41) is 18.5. The van der Waals surface area contributed by atoms with Crippen LogP contribution < -0.4 is 0 Å². The highest BCUT2D eigenvalue weighted by atomic mass is 16.4. The molecule has 1 aromatic rings. The van der Waals surface area contributed by atoms with E-state index in [2.05, 4.69) is 4.98 Å². The third-order valence-electron chi connectivity index (χ3n) is 3.76. The molecule has 0 aliphatic carbocycles. The topological polar surface area (TPSA) is 90.7 Å². The van der Waals surface area contributed by atoms with Crippen molar-refractivity contribution >= 4 is 12.1 Å². The number of pyridine rings is 1. The summed E-state index contributed by atoms with van der Waals surface area (Å²) < 4.78 is 0. The Balaban J connectivity index is 2.35. The lowest BCUT2D eigenvalue weighted by molar-refractivity contribution is -0.146. The minimum Gasteiger partial charge on any atom is -0.481 e. The zero-order valence-electron chi connectivity index (χ0n) is 10.7. The van der Waals surface area contributed by atoms with Crippen molar-refractivity contribution in [2.24, 2.45) is 0 Å². The monoisotopic (exact) mass is 264 g/mol. The third-order valence-corrected chi connectivity index (χ3v) is 3.76. The fraction of sp³-hybridized carbons (Fsp3) is 0.462. The molecule has 2 rings (SSSR count). The van der Waals surface area contributed by atoms with Gasteiger partial charge in [0.25, 0.3) is 0 Å². The zero-order valence-corrected chi connectivity index (χ0v) is 10.7. The average molecular weight is 264 g/mol. The largest absolute Gasteiger partial charge is 0.481 e. The van der Waals surface area contributed by atoms with Crippen molar-refractivity contribution in [3.05, 3.63) is 29.6 Å². The number of rotatable bonds is 2. The highest BCUT2D eigenvalue weighted by Crippen LogP contribution is 2.36. The van der Waals surface area contributed by atoms with E-state index in [1.54, 1.807) is 12.3 Å². The average Bonchev–Trinajstić information content (AvgIpc) is 2.39. The highest BCUT2D eigenvalue weighted by molar-refractivity contribution is 5.81. The minimum absolute atomic E-state index is 0.220. The van der Waals surface area contributed by atoms with Gasteiger partial charge in [-0.3, -0.25) is 9.78 Å². The zero-order chi connectivity index (χ0) is 14.0. The van der Waals surface area contributed by atoms with Gasteiger partial charge >= 0.3 is 12.1 Å². The molecular weight excluding hydrogens is 248 g/mol. The van der Waals surface area contributed by atoms with Crippen LogP contribution in [0.15, 0.2) is 18.3 Å². The van der Waals surface area contributed by atoms with Gasteiger partial charge < -0.3 is 15.1 Å². The van der Waals surface area contributed by atoms with Crippen LogP contribution in [0.3, 0.4) is 0 Å². The van der Waals surface area contributed by atoms with E-state index in [0.717, 1.165) is 5.56 Å². The van der Waals surface area contributed by atoms with Gasteiger partial charge in [-0.05, 0) is 31.4 Å². The van der Waals surface area contributed by atoms with E-state index in [0.29, 0.717) is 5.69 Å². The summed E-state index contributed by atoms with van der Waals surface area (Å²) in [6, 6.07) is 3.59. The van der Waals surface area contributed by atoms with E-state index in [4.69, 9.17) is 5.11 Å². The molecule has 1 aliphatic rings. The van der Waals surface area contributed by atoms with Crippen LogP contribution in [0.1, 0.15) is 24.1 Å². The first-order valence-electron chi connectivity index (χ1n) is 6.11. The normalized spacial score (nSPS) is 18.1. The van der Waals surface area contributed by atoms with Gasteiger partial charge in [0.2, 0.25) is 0 Å². The number of hydrogen-bond acceptors (Lipinski definition) is 3. The number of likely N-dealkylation sites (tertiary alicyclic amines) is 1. The third kappa shape index (κ3) is 2.25. The maximum absolute atomic E-state index is 11.7. The summed E-state index contributed by atoms with van der Waals surface area (Å²) in [6.45, 7) is 2.27. The van der Waals surface area contributed by atoms with E-state index in [9.17, 15) is 14.7 Å². The number of hydrogen-bond donors (Lipinski definition) is 2. The van der Waals surface area contributed by atoms with E-state index >= 15 is 0 Å². The van der Waals surface area contributed by atoms with Crippen molar-refractivity contribution in [2.45, 2.75) is 25.2 Å². The first-order valence-corrected chi connectivity index (χ1v) is 6.11. The molecular formula is C13H16N2O4. The lowest BCUT2D eigenvalue weighted by atomic mass is 9.74. The smallest absolute Gasteiger partial charge is 0.407 e. The minimum atomic E-state index is -1.07. The molecule has 0 radical (unpaired) electrons. The van der Waals surface area contributed by atoms with Crippen LogP contribution in [-0.4, -0.2) is 45.2 Å². The molecule has 1 saturated heterocycles. The Bertz CT molecular complexity index is 507. The molecule has 2 heterocycles. The summed E-state index contributed by atoms with van der Waals surface area (Å²) >= 11 is 0. The summed E-state index contributed by atoms with van der Waals surface area (Å²) in [7, 11) is 0. The molecule has 102 valence electrons. The first-order chi connectivity index (χ1) is 8.97. The summed E-state index contributed by atoms with van der Waals surface area (Å²) in [4.78, 5) is 28.1. The van der Waals surface area contributed by atoms with Gasteiger partial charge in [-0.15, -0.1) is 0 Å². The predicted molar refractivity (Wildman–Crippen MR) is 67.1 cm³/mol. The van der Waals surface area contributed by atoms with Crippen LogP contribution in [0.25, 0.3) is 0 Å². The molecule has 6 nitrogen and oxygen atoms in total. The molecule has 2 N–H and O–H groups in total. The van der Waals surface area contributed by atoms with Crippen molar-refractivity contribution in [3.63, 3.8) is 0 Å². The predicted octanol–water partition coefficient (Wildman–Crippen LogP) is 1.49. The fourth-order valence-corrected chi connectivity index (χ4v) is 2.62. The quantitative estimate of drug-likeness (QED) is 0.844. The van der Waals surface area contributed by atoms with Crippen molar-refractivity contribution in [2.75, 3.05) is 13.1 Å². The number of nitrogens with zero attached hydrogens (tertiary/aromatic N) is 2. The van der Waals surface area contributed by atoms with Crippen molar-refractivity contribution in [1.29, 1.82) is 0 Å². The molecule has 1 aliphatic heterocycles. The maximum Gasteiger partial charge on any atom is 0.407 e. The number of piperidine rings is 1. The van der Waals surface area contributed by atoms with Crippen molar-refractivity contribution in [1.82, 2.24) is 9.88 Å². The van der Waals surface area contributed by atoms with Crippen molar-refractivity contribution in [3.8, 4) is 0 Å². The van der Waals surface area contributed by atoms with Crippen LogP contribution in [0, 0.1) is 6.92 Å². The second kappa shape index (κ2) is 4.87. The molecule has 1 aromatic heterocycles. The first kappa shape index (κ1) is 13.3. The van der Waals surface area contributed by atoms with Gasteiger partial charge in [-0.25, -0.2) is 4.79 Å². The number of carbonyl (C=O) groups is 2. The Hall–Kier alpha value is -2.11. The van der Waals surface area contributed by atoms with Gasteiger partial charge in [0.15, 0.2) is 0 Å². The lowest BCUT2D eigenvalue weighted by Gasteiger charge is -2.37. The Kier molecular flexibility index (Phi) is 3.42. The number of carboxylic acids is 1. The number of aromatic nitrogens is 1. The number of aryl methyl sites for hydroxylation is 1. The number of carboxylic acid groups (broad SMARTS) is 2. The van der Waals surface area contributed by atoms with Gasteiger partial charge in [0, 0.05) is 19.3 Å². The van der Waals surface area contributed by atoms with Crippen molar-refractivity contribution < 1.29 is 19.8 Å². The summed E-state index contributed by atoms with van der Waals surface area (Å²) in [5.41, 5.74) is 0.304. The number of aliphatic carboxylic acids is 1. The molecule has 0 bridgehead atoms. The van der Waals surface area contributed by atoms with Gasteiger partial charge in [-0.2, -0.15) is 0 Å². The fourth-order valence-electron chi connectivity index (χ4n) is 2.62. The van der Waals surface area contributed by atoms with Crippen LogP contribution >= 0.6 is 0 Å². The van der Waals surface area contributed by atoms with Crippen LogP contribution in [0.2, 0.25) is 0 Å². The molecule has 0 atom stereocenters. The Morgan fingerprint density at radius 1 is 1.32 bits per heavy atom. The summed E-state index contributed by atoms with van der Waals surface area (Å²) in [6.07, 6.45) is 1.09. The van der Waals surface area contributed by atoms with Gasteiger partial charge in [0.1, 0.15) is 5.41 Å². The molecule has 0 aromatic carbocycles. The summed E-state index contributed by atoms with van der Waals surface area (Å²) in [5.74, 6) is -0.931. The molecule has 19 heavy (non-hydrogen) atoms. The molecule has 1 fully saturated rings. The van der Waals surface area contributed by atoms with Gasteiger partial charge in [0.05, 0.1) is 5.69 Å². The molecule has 6 heteroatoms. The van der Waals surface area contributed by atoms with Gasteiger partial charge in [-0.1, -0.05) is 6.07 Å². The molecule has 0 spiro atoms. The van der Waals surface area contributed by atoms with E-state index < -0.39 is 17.5 Å². The van der Waals surface area contributed by atoms with E-state index in [1.807, 2.05) is 13.0 Å². The maximum atomic E-state index is 11.7. The Morgan fingerprint density at radius 2 is 1.95 bits per heavy atom. The van der Waals surface area contributed by atoms with E-state index in [1.165, 1.54) is 4.90 Å². The second-order valence-electron chi connectivity index (χ2n) is 4.83. The second-order valence-corrected chi connectivity index (χ2v) is 4.83. The lowest BCUT2D eigenvalue weighted by Crippen LogP contribution is -2.49.